The third-order valence-corrected chi connectivity index (χ3v) is 5.91. The topological polar surface area (TPSA) is 148 Å². The van der Waals surface area contributed by atoms with Crippen molar-refractivity contribution < 1.29 is 19.1 Å². The predicted octanol–water partition coefficient (Wildman–Crippen LogP) is 1.09. The first kappa shape index (κ1) is 17.0. The number of anilines is 2. The van der Waals surface area contributed by atoms with E-state index in [0.717, 1.165) is 12.8 Å². The van der Waals surface area contributed by atoms with Crippen LogP contribution in [-0.4, -0.2) is 46.8 Å². The monoisotopic (exact) mass is 388 g/mol. The molecule has 0 spiro atoms. The van der Waals surface area contributed by atoms with Gasteiger partial charge in [-0.1, -0.05) is 11.6 Å². The fourth-order valence-corrected chi connectivity index (χ4v) is 4.14. The highest BCUT2D eigenvalue weighted by atomic mass is 35.5. The third-order valence-electron chi connectivity index (χ3n) is 4.37. The van der Waals surface area contributed by atoms with E-state index in [1.807, 2.05) is 0 Å². The van der Waals surface area contributed by atoms with Crippen molar-refractivity contribution in [2.75, 3.05) is 11.1 Å². The molecule has 2 aromatic rings. The number of ether oxygens (including phenoxy) is 1. The maximum absolute atomic E-state index is 11.4. The molecule has 0 amide bonds. The number of rotatable bonds is 5. The maximum atomic E-state index is 11.4. The van der Waals surface area contributed by atoms with Crippen LogP contribution in [0.4, 0.5) is 11.8 Å². The van der Waals surface area contributed by atoms with Crippen molar-refractivity contribution in [1.82, 2.24) is 19.5 Å². The molecule has 3 atom stereocenters. The van der Waals surface area contributed by atoms with Crippen LogP contribution < -0.4 is 11.1 Å². The second-order valence-corrected chi connectivity index (χ2v) is 8.63. The molecule has 4 rings (SSSR count). The van der Waals surface area contributed by atoms with Gasteiger partial charge in [0.2, 0.25) is 5.95 Å². The van der Waals surface area contributed by atoms with Crippen LogP contribution in [0.3, 0.4) is 0 Å². The summed E-state index contributed by atoms with van der Waals surface area (Å²) in [5.74, 6) is -0.730. The lowest BCUT2D eigenvalue weighted by Crippen LogP contribution is -2.16. The van der Waals surface area contributed by atoms with E-state index in [2.05, 4.69) is 20.3 Å². The van der Waals surface area contributed by atoms with Gasteiger partial charge in [0.25, 0.3) is 0 Å². The molecule has 0 unspecified atom stereocenters. The molecule has 10 nitrogen and oxygen atoms in total. The fourth-order valence-electron chi connectivity index (χ4n) is 2.93. The Morgan fingerprint density at radius 1 is 1.44 bits per heavy atom. The largest absolute Gasteiger partial charge is 0.368 e. The number of halogens is 1. The molecule has 12 heteroatoms. The highest BCUT2D eigenvalue weighted by molar-refractivity contribution is 7.52. The van der Waals surface area contributed by atoms with E-state index in [-0.39, 0.29) is 18.3 Å². The number of imidazole rings is 1. The summed E-state index contributed by atoms with van der Waals surface area (Å²) in [5, 5.41) is 3.28. The number of nitrogen functional groups attached to an aromatic ring is 1. The highest BCUT2D eigenvalue weighted by Crippen LogP contribution is 2.50. The summed E-state index contributed by atoms with van der Waals surface area (Å²) < 4.78 is 18.4. The lowest BCUT2D eigenvalue weighted by molar-refractivity contribution is 0.107. The van der Waals surface area contributed by atoms with E-state index in [1.165, 1.54) is 0 Å². The predicted molar refractivity (Wildman–Crippen MR) is 91.0 cm³/mol. The Kier molecular flexibility index (Phi) is 4.12. The van der Waals surface area contributed by atoms with Crippen LogP contribution >= 0.6 is 19.2 Å². The summed E-state index contributed by atoms with van der Waals surface area (Å²) in [7, 11) is -4.34. The molecule has 5 N–H and O–H groups in total. The Morgan fingerprint density at radius 2 is 2.20 bits per heavy atom. The van der Waals surface area contributed by atoms with Crippen LogP contribution in [0.5, 0.6) is 0 Å². The van der Waals surface area contributed by atoms with Gasteiger partial charge >= 0.3 is 7.60 Å². The molecule has 1 aliphatic heterocycles. The first-order valence-electron chi connectivity index (χ1n) is 7.91. The van der Waals surface area contributed by atoms with Crippen molar-refractivity contribution >= 4 is 42.1 Å². The van der Waals surface area contributed by atoms with Gasteiger partial charge in [-0.05, 0) is 19.3 Å². The van der Waals surface area contributed by atoms with Gasteiger partial charge in [-0.25, -0.2) is 4.98 Å². The molecule has 2 aliphatic rings. The summed E-state index contributed by atoms with van der Waals surface area (Å²) in [6.45, 7) is 0.362. The second kappa shape index (κ2) is 6.07. The number of nitrogens with one attached hydrogen (secondary N) is 1. The summed E-state index contributed by atoms with van der Waals surface area (Å²) in [6.07, 6.45) is 3.93. The van der Waals surface area contributed by atoms with E-state index in [9.17, 15) is 14.4 Å². The number of fused-ring (bicyclic) bond motifs is 1. The average Bonchev–Trinajstić information content (AvgIpc) is 3.12. The van der Waals surface area contributed by atoms with Crippen molar-refractivity contribution in [3.8, 4) is 0 Å². The number of hydrogen-bond acceptors (Lipinski definition) is 7. The molecule has 3 heterocycles. The van der Waals surface area contributed by atoms with Gasteiger partial charge in [-0.2, -0.15) is 9.97 Å². The minimum absolute atomic E-state index is 0.135. The fraction of sp³-hybridized carbons (Fsp3) is 0.615. The Bertz CT molecular complexity index is 852. The van der Waals surface area contributed by atoms with Crippen molar-refractivity contribution in [3.63, 3.8) is 0 Å². The van der Waals surface area contributed by atoms with Crippen LogP contribution in [0.1, 0.15) is 19.3 Å². The standard InChI is InChI=1S/C13H18ClN6O4P/c14-10-6(3-8(24-10)25(21,22)23)4-20-5-16-9-11(17-7-1-2-7)18-13(15)19-12(9)20/h5-8,10H,1-4H2,(H2,21,22,23)(H3,15,17,18,19)/t6-,8+,10-/m0/s1. The molecule has 0 aromatic carbocycles. The quantitative estimate of drug-likeness (QED) is 0.436. The van der Waals surface area contributed by atoms with Gasteiger partial charge in [-0.3, -0.25) is 4.57 Å². The molecule has 25 heavy (non-hydrogen) atoms. The number of nitrogens with zero attached hydrogens (tertiary/aromatic N) is 4. The first-order chi connectivity index (χ1) is 11.8. The SMILES string of the molecule is Nc1nc(NC2CC2)c2ncn(C[C@@H]3C[C@@H](P(=O)(O)O)O[C@@H]3Cl)c2n1. The second-order valence-electron chi connectivity index (χ2n) is 6.44. The smallest absolute Gasteiger partial charge is 0.354 e. The van der Waals surface area contributed by atoms with E-state index < -0.39 is 19.0 Å². The third kappa shape index (κ3) is 3.45. The van der Waals surface area contributed by atoms with Crippen LogP contribution in [0.25, 0.3) is 11.2 Å². The van der Waals surface area contributed by atoms with Crippen LogP contribution in [0.15, 0.2) is 6.33 Å². The van der Waals surface area contributed by atoms with Crippen molar-refractivity contribution in [2.24, 2.45) is 5.92 Å². The number of alkyl halides is 1. The molecule has 136 valence electrons. The van der Waals surface area contributed by atoms with Crippen LogP contribution in [0, 0.1) is 5.92 Å². The van der Waals surface area contributed by atoms with Crippen molar-refractivity contribution in [3.05, 3.63) is 6.33 Å². The zero-order valence-corrected chi connectivity index (χ0v) is 14.8. The Labute approximate surface area is 147 Å². The van der Waals surface area contributed by atoms with Crippen molar-refractivity contribution in [1.29, 1.82) is 0 Å². The Balaban J connectivity index is 1.59. The highest BCUT2D eigenvalue weighted by Gasteiger charge is 2.43. The average molecular weight is 389 g/mol. The molecule has 1 saturated carbocycles. The minimum Gasteiger partial charge on any atom is -0.368 e. The summed E-state index contributed by atoms with van der Waals surface area (Å²) in [5.41, 5.74) is 6.18. The molecule has 0 radical (unpaired) electrons. The normalized spacial score (nSPS) is 27.1. The van der Waals surface area contributed by atoms with Crippen molar-refractivity contribution in [2.45, 2.75) is 43.3 Å². The van der Waals surface area contributed by atoms with Gasteiger partial charge in [0.05, 0.1) is 6.33 Å². The van der Waals surface area contributed by atoms with Crippen LogP contribution in [-0.2, 0) is 15.8 Å². The lowest BCUT2D eigenvalue weighted by atomic mass is 10.1. The Hall–Kier alpha value is -1.45. The molecule has 1 saturated heterocycles. The maximum Gasteiger partial charge on any atom is 0.354 e. The zero-order valence-electron chi connectivity index (χ0n) is 13.1. The van der Waals surface area contributed by atoms with Gasteiger partial charge in [-0.15, -0.1) is 0 Å². The zero-order chi connectivity index (χ0) is 17.8. The van der Waals surface area contributed by atoms with E-state index in [1.54, 1.807) is 10.9 Å². The van der Waals surface area contributed by atoms with Gasteiger partial charge in [0, 0.05) is 18.5 Å². The van der Waals surface area contributed by atoms with Gasteiger partial charge in [0.15, 0.2) is 22.8 Å². The number of hydrogen-bond donors (Lipinski definition) is 4. The van der Waals surface area contributed by atoms with E-state index in [0.29, 0.717) is 29.6 Å². The summed E-state index contributed by atoms with van der Waals surface area (Å²) in [4.78, 5) is 31.4. The molecular formula is C13H18ClN6O4P. The van der Waals surface area contributed by atoms with E-state index in [4.69, 9.17) is 22.1 Å². The minimum atomic E-state index is -4.34. The van der Waals surface area contributed by atoms with Gasteiger partial charge in [0.1, 0.15) is 5.56 Å². The molecule has 1 aliphatic carbocycles. The lowest BCUT2D eigenvalue weighted by Gasteiger charge is -2.13. The summed E-state index contributed by atoms with van der Waals surface area (Å²) >= 11 is 6.12. The molecule has 2 fully saturated rings. The first-order valence-corrected chi connectivity index (χ1v) is 10.0. The number of aromatic nitrogens is 4. The Morgan fingerprint density at radius 3 is 2.84 bits per heavy atom. The molecule has 2 aromatic heterocycles. The van der Waals surface area contributed by atoms with E-state index >= 15 is 0 Å². The molecular weight excluding hydrogens is 371 g/mol. The van der Waals surface area contributed by atoms with Gasteiger partial charge < -0.3 is 30.1 Å². The molecule has 0 bridgehead atoms. The summed E-state index contributed by atoms with van der Waals surface area (Å²) in [6, 6.07) is 0.391. The van der Waals surface area contributed by atoms with Crippen LogP contribution in [0.2, 0.25) is 0 Å². The number of nitrogens with two attached hydrogens (primary N) is 1.